The monoisotopic (exact) mass is 353 g/mol. The largest absolute Gasteiger partial charge is 0.484 e. The zero-order chi connectivity index (χ0) is 18.8. The molecule has 0 aliphatic heterocycles. The van der Waals surface area contributed by atoms with Crippen molar-refractivity contribution >= 4 is 23.2 Å². The molecule has 2 aromatic carbocycles. The number of carbonyl (C=O) groups is 2. The lowest BCUT2D eigenvalue weighted by Gasteiger charge is -2.07. The van der Waals surface area contributed by atoms with Crippen molar-refractivity contribution in [3.05, 3.63) is 60.2 Å². The number of aryl methyl sites for hydroxylation is 1. The summed E-state index contributed by atoms with van der Waals surface area (Å²) in [5.74, 6) is 0.0478. The number of rotatable bonds is 8. The fourth-order valence-electron chi connectivity index (χ4n) is 2.16. The average molecular weight is 353 g/mol. The number of nitrogens with zero attached hydrogens (tertiary/aromatic N) is 1. The van der Waals surface area contributed by atoms with Crippen LogP contribution in [0.5, 0.6) is 5.75 Å². The zero-order valence-corrected chi connectivity index (χ0v) is 15.0. The Balaban J connectivity index is 1.72. The molecule has 0 saturated heterocycles. The molecule has 2 N–H and O–H groups in total. The number of hydrazone groups is 1. The van der Waals surface area contributed by atoms with E-state index in [1.165, 1.54) is 5.56 Å². The van der Waals surface area contributed by atoms with Gasteiger partial charge in [-0.3, -0.25) is 9.59 Å². The predicted octanol–water partition coefficient (Wildman–Crippen LogP) is 3.15. The molecule has 0 fully saturated rings. The average Bonchev–Trinajstić information content (AvgIpc) is 2.65. The first-order valence-corrected chi connectivity index (χ1v) is 8.45. The van der Waals surface area contributed by atoms with Crippen LogP contribution in [0.2, 0.25) is 0 Å². The Kier molecular flexibility index (Phi) is 7.36. The smallest absolute Gasteiger partial charge is 0.277 e. The van der Waals surface area contributed by atoms with Gasteiger partial charge in [-0.25, -0.2) is 5.43 Å². The van der Waals surface area contributed by atoms with Gasteiger partial charge in [0.05, 0.1) is 6.42 Å². The first-order valence-electron chi connectivity index (χ1n) is 8.45. The fourth-order valence-corrected chi connectivity index (χ4v) is 2.16. The highest BCUT2D eigenvalue weighted by atomic mass is 16.5. The number of carbonyl (C=O) groups excluding carboxylic acids is 2. The lowest BCUT2D eigenvalue weighted by molar-refractivity contribution is -0.123. The summed E-state index contributed by atoms with van der Waals surface area (Å²) in [6.45, 7) is 3.61. The van der Waals surface area contributed by atoms with Gasteiger partial charge in [-0.1, -0.05) is 37.3 Å². The molecule has 0 bridgehead atoms. The van der Waals surface area contributed by atoms with Gasteiger partial charge < -0.3 is 10.1 Å². The Morgan fingerprint density at radius 2 is 1.69 bits per heavy atom. The van der Waals surface area contributed by atoms with E-state index in [-0.39, 0.29) is 24.8 Å². The Morgan fingerprint density at radius 1 is 1.00 bits per heavy atom. The van der Waals surface area contributed by atoms with Crippen LogP contribution < -0.4 is 15.5 Å². The molecule has 0 atom stereocenters. The molecule has 136 valence electrons. The number of hydrogen-bond donors (Lipinski definition) is 2. The Hall–Kier alpha value is -3.15. The van der Waals surface area contributed by atoms with Gasteiger partial charge in [-0.15, -0.1) is 0 Å². The summed E-state index contributed by atoms with van der Waals surface area (Å²) >= 11 is 0. The molecule has 2 rings (SSSR count). The maximum atomic E-state index is 11.9. The van der Waals surface area contributed by atoms with E-state index in [1.54, 1.807) is 19.1 Å². The van der Waals surface area contributed by atoms with Crippen molar-refractivity contribution in [2.24, 2.45) is 5.10 Å². The third-order valence-corrected chi connectivity index (χ3v) is 3.55. The van der Waals surface area contributed by atoms with Crippen LogP contribution >= 0.6 is 0 Å². The molecule has 2 aromatic rings. The van der Waals surface area contributed by atoms with Gasteiger partial charge in [0, 0.05) is 11.4 Å². The third-order valence-electron chi connectivity index (χ3n) is 3.55. The SMILES string of the molecule is CCc1ccc(OCC(=O)NN=C(C)CC(=O)Nc2ccccc2)cc1. The second-order valence-corrected chi connectivity index (χ2v) is 5.76. The first-order chi connectivity index (χ1) is 12.6. The van der Waals surface area contributed by atoms with Gasteiger partial charge in [0.15, 0.2) is 6.61 Å². The van der Waals surface area contributed by atoms with Crippen LogP contribution in [0.1, 0.15) is 25.8 Å². The number of benzene rings is 2. The number of amides is 2. The minimum absolute atomic E-state index is 0.0918. The van der Waals surface area contributed by atoms with Gasteiger partial charge in [-0.05, 0) is 43.2 Å². The van der Waals surface area contributed by atoms with Crippen LogP contribution in [-0.2, 0) is 16.0 Å². The molecule has 0 saturated carbocycles. The van der Waals surface area contributed by atoms with Gasteiger partial charge >= 0.3 is 0 Å². The van der Waals surface area contributed by atoms with Crippen molar-refractivity contribution in [3.8, 4) is 5.75 Å². The maximum Gasteiger partial charge on any atom is 0.277 e. The summed E-state index contributed by atoms with van der Waals surface area (Å²) in [4.78, 5) is 23.7. The Morgan fingerprint density at radius 3 is 2.35 bits per heavy atom. The van der Waals surface area contributed by atoms with E-state index in [0.717, 1.165) is 12.1 Å². The van der Waals surface area contributed by atoms with Crippen LogP contribution in [0.15, 0.2) is 59.7 Å². The number of ether oxygens (including phenoxy) is 1. The summed E-state index contributed by atoms with van der Waals surface area (Å²) in [7, 11) is 0. The first kappa shape index (κ1) is 19.2. The lowest BCUT2D eigenvalue weighted by Crippen LogP contribution is -2.26. The molecule has 0 aliphatic rings. The van der Waals surface area contributed by atoms with Crippen molar-refractivity contribution in [2.45, 2.75) is 26.7 Å². The van der Waals surface area contributed by atoms with Crippen molar-refractivity contribution in [2.75, 3.05) is 11.9 Å². The molecule has 26 heavy (non-hydrogen) atoms. The van der Waals surface area contributed by atoms with E-state index in [0.29, 0.717) is 11.5 Å². The molecule has 6 nitrogen and oxygen atoms in total. The standard InChI is InChI=1S/C20H23N3O3/c1-3-16-9-11-18(12-10-16)26-14-20(25)23-22-15(2)13-19(24)21-17-7-5-4-6-8-17/h4-12H,3,13-14H2,1-2H3,(H,21,24)(H,23,25). The highest BCUT2D eigenvalue weighted by molar-refractivity contribution is 6.05. The van der Waals surface area contributed by atoms with E-state index < -0.39 is 0 Å². The second-order valence-electron chi connectivity index (χ2n) is 5.76. The van der Waals surface area contributed by atoms with Crippen LogP contribution in [0.25, 0.3) is 0 Å². The van der Waals surface area contributed by atoms with Crippen LogP contribution in [-0.4, -0.2) is 24.1 Å². The quantitative estimate of drug-likeness (QED) is 0.565. The molecule has 2 amide bonds. The number of nitrogens with one attached hydrogen (secondary N) is 2. The Labute approximate surface area is 153 Å². The molecular weight excluding hydrogens is 330 g/mol. The molecular formula is C20H23N3O3. The summed E-state index contributed by atoms with van der Waals surface area (Å²) < 4.78 is 5.40. The molecule has 0 unspecified atom stereocenters. The predicted molar refractivity (Wildman–Crippen MR) is 102 cm³/mol. The summed E-state index contributed by atoms with van der Waals surface area (Å²) in [6.07, 6.45) is 1.04. The fraction of sp³-hybridized carbons (Fsp3) is 0.250. The highest BCUT2D eigenvalue weighted by Gasteiger charge is 2.06. The molecule has 0 aromatic heterocycles. The van der Waals surface area contributed by atoms with Crippen molar-refractivity contribution in [3.63, 3.8) is 0 Å². The molecule has 0 heterocycles. The molecule has 6 heteroatoms. The molecule has 0 aliphatic carbocycles. The highest BCUT2D eigenvalue weighted by Crippen LogP contribution is 2.12. The van der Waals surface area contributed by atoms with Gasteiger partial charge in [-0.2, -0.15) is 5.10 Å². The summed E-state index contributed by atoms with van der Waals surface area (Å²) in [5.41, 5.74) is 4.81. The zero-order valence-electron chi connectivity index (χ0n) is 15.0. The maximum absolute atomic E-state index is 11.9. The summed E-state index contributed by atoms with van der Waals surface area (Å²) in [6, 6.07) is 16.7. The van der Waals surface area contributed by atoms with Crippen LogP contribution in [0.4, 0.5) is 5.69 Å². The van der Waals surface area contributed by atoms with Crippen LogP contribution in [0, 0.1) is 0 Å². The van der Waals surface area contributed by atoms with Gasteiger partial charge in [0.2, 0.25) is 5.91 Å². The van der Waals surface area contributed by atoms with E-state index in [2.05, 4.69) is 22.8 Å². The minimum atomic E-state index is -0.382. The molecule has 0 spiro atoms. The van der Waals surface area contributed by atoms with E-state index in [4.69, 9.17) is 4.74 Å². The van der Waals surface area contributed by atoms with Crippen molar-refractivity contribution in [1.82, 2.24) is 5.43 Å². The number of anilines is 1. The summed E-state index contributed by atoms with van der Waals surface area (Å²) in [5, 5.41) is 6.68. The molecule has 0 radical (unpaired) electrons. The third kappa shape index (κ3) is 6.76. The van der Waals surface area contributed by atoms with Crippen molar-refractivity contribution < 1.29 is 14.3 Å². The topological polar surface area (TPSA) is 79.8 Å². The van der Waals surface area contributed by atoms with E-state index in [1.807, 2.05) is 42.5 Å². The number of hydrogen-bond acceptors (Lipinski definition) is 4. The number of para-hydroxylation sites is 1. The lowest BCUT2D eigenvalue weighted by atomic mass is 10.2. The van der Waals surface area contributed by atoms with Gasteiger partial charge in [0.25, 0.3) is 5.91 Å². The van der Waals surface area contributed by atoms with Crippen molar-refractivity contribution in [1.29, 1.82) is 0 Å². The normalized spacial score (nSPS) is 10.9. The van der Waals surface area contributed by atoms with E-state index in [9.17, 15) is 9.59 Å². The second kappa shape index (κ2) is 9.98. The van der Waals surface area contributed by atoms with E-state index >= 15 is 0 Å². The van der Waals surface area contributed by atoms with Gasteiger partial charge in [0.1, 0.15) is 5.75 Å². The van der Waals surface area contributed by atoms with Crippen LogP contribution in [0.3, 0.4) is 0 Å². The minimum Gasteiger partial charge on any atom is -0.484 e. The Bertz CT molecular complexity index is 756.